The van der Waals surface area contributed by atoms with E-state index in [-0.39, 0.29) is 17.0 Å². The topological polar surface area (TPSA) is 17.3 Å². The van der Waals surface area contributed by atoms with Gasteiger partial charge in [-0.3, -0.25) is 4.57 Å². The molecule has 0 aliphatic rings. The van der Waals surface area contributed by atoms with Crippen LogP contribution in [0.4, 0.5) is 5.69 Å². The quantitative estimate of drug-likeness (QED) is 0.294. The third-order valence-electron chi connectivity index (χ3n) is 3.92. The Morgan fingerprint density at radius 2 is 1.44 bits per heavy atom. The van der Waals surface area contributed by atoms with Crippen molar-refractivity contribution in [3.63, 3.8) is 0 Å². The van der Waals surface area contributed by atoms with E-state index in [0.717, 1.165) is 27.4 Å². The Labute approximate surface area is 182 Å². The lowest BCUT2D eigenvalue weighted by atomic mass is 10.1. The van der Waals surface area contributed by atoms with Crippen LogP contribution in [0.15, 0.2) is 89.2 Å². The average Bonchev–Trinajstić information content (AvgIpc) is 3.09. The molecule has 0 saturated heterocycles. The molecule has 4 aromatic rings. The van der Waals surface area contributed by atoms with Crippen LogP contribution in [-0.2, 0) is 0 Å². The fraction of sp³-hybridized carbons (Fsp3) is 0. The Kier molecular flexibility index (Phi) is 6.55. The lowest BCUT2D eigenvalue weighted by molar-refractivity contribution is 1.01. The molecule has 6 heteroatoms. The number of benzene rings is 3. The number of rotatable bonds is 3. The summed E-state index contributed by atoms with van der Waals surface area (Å²) in [5.41, 5.74) is 3.98. The summed E-state index contributed by atoms with van der Waals surface area (Å²) in [7, 11) is 0. The number of halogens is 3. The first-order valence-corrected chi connectivity index (χ1v) is 9.67. The predicted octanol–water partition coefficient (Wildman–Crippen LogP) is 7.32. The second-order valence-corrected chi connectivity index (χ2v) is 7.30. The molecule has 2 nitrogen and oxygen atoms in total. The van der Waals surface area contributed by atoms with Gasteiger partial charge in [-0.2, -0.15) is 0 Å². The summed E-state index contributed by atoms with van der Waals surface area (Å²) in [5.74, 6) is 0. The van der Waals surface area contributed by atoms with Gasteiger partial charge in [-0.1, -0.05) is 65.7 Å². The van der Waals surface area contributed by atoms with Crippen molar-refractivity contribution in [3.05, 3.63) is 99.1 Å². The van der Waals surface area contributed by atoms with Gasteiger partial charge in [-0.25, -0.2) is 4.99 Å². The number of aromatic nitrogens is 1. The van der Waals surface area contributed by atoms with Crippen LogP contribution >= 0.6 is 51.5 Å². The van der Waals surface area contributed by atoms with Crippen molar-refractivity contribution in [2.45, 2.75) is 0 Å². The predicted molar refractivity (Wildman–Crippen MR) is 121 cm³/mol. The zero-order valence-corrected chi connectivity index (χ0v) is 18.1. The third-order valence-corrected chi connectivity index (χ3v) is 5.48. The minimum Gasteiger partial charge on any atom is -0.285 e. The van der Waals surface area contributed by atoms with Crippen molar-refractivity contribution in [2.75, 3.05) is 0 Å². The maximum Gasteiger partial charge on any atom is 0.195 e. The molecule has 0 bridgehead atoms. The number of hydrogen-bond donors (Lipinski definition) is 0. The second kappa shape index (κ2) is 8.89. The first kappa shape index (κ1) is 19.9. The van der Waals surface area contributed by atoms with Crippen LogP contribution in [0.25, 0.3) is 16.9 Å². The second-order valence-electron chi connectivity index (χ2n) is 5.65. The molecule has 0 aliphatic carbocycles. The minimum absolute atomic E-state index is 0. The Morgan fingerprint density at radius 3 is 2.11 bits per heavy atom. The molecule has 1 aromatic heterocycles. The summed E-state index contributed by atoms with van der Waals surface area (Å²) in [6.45, 7) is 0. The van der Waals surface area contributed by atoms with Crippen LogP contribution in [0.5, 0.6) is 0 Å². The molecule has 0 aliphatic heterocycles. The van der Waals surface area contributed by atoms with Gasteiger partial charge in [0.15, 0.2) is 4.80 Å². The Hall–Kier alpha value is -1.85. The summed E-state index contributed by atoms with van der Waals surface area (Å²) >= 11 is 13.9. The van der Waals surface area contributed by atoms with Gasteiger partial charge in [0.2, 0.25) is 0 Å². The standard InChI is InChI=1S/C21H14Cl2N2S.BrH/c22-18-12-11-15(13-19(18)23)20-14-26-21(24-16-7-3-1-4-8-16)25(20)17-9-5-2-6-10-17;/h1-14H;1H. The Balaban J connectivity index is 0.00000210. The van der Waals surface area contributed by atoms with Crippen molar-refractivity contribution >= 4 is 57.2 Å². The van der Waals surface area contributed by atoms with E-state index in [4.69, 9.17) is 28.2 Å². The third kappa shape index (κ3) is 4.36. The molecular weight excluding hydrogens is 463 g/mol. The van der Waals surface area contributed by atoms with Crippen LogP contribution < -0.4 is 4.80 Å². The van der Waals surface area contributed by atoms with E-state index in [9.17, 15) is 0 Å². The first-order chi connectivity index (χ1) is 12.7. The number of thiazole rings is 1. The summed E-state index contributed by atoms with van der Waals surface area (Å²) < 4.78 is 2.14. The molecule has 136 valence electrons. The summed E-state index contributed by atoms with van der Waals surface area (Å²) in [4.78, 5) is 5.72. The van der Waals surface area contributed by atoms with Gasteiger partial charge < -0.3 is 0 Å². The smallest absolute Gasteiger partial charge is 0.195 e. The largest absolute Gasteiger partial charge is 0.285 e. The molecule has 0 unspecified atom stereocenters. The molecule has 0 N–H and O–H groups in total. The van der Waals surface area contributed by atoms with Crippen molar-refractivity contribution < 1.29 is 0 Å². The highest BCUT2D eigenvalue weighted by Gasteiger charge is 2.11. The molecular formula is C21H15BrCl2N2S. The molecule has 0 saturated carbocycles. The van der Waals surface area contributed by atoms with Gasteiger partial charge in [0.1, 0.15) is 0 Å². The molecule has 0 amide bonds. The highest BCUT2D eigenvalue weighted by molar-refractivity contribution is 8.93. The van der Waals surface area contributed by atoms with E-state index in [0.29, 0.717) is 10.0 Å². The molecule has 3 aromatic carbocycles. The van der Waals surface area contributed by atoms with Gasteiger partial charge in [0.25, 0.3) is 0 Å². The monoisotopic (exact) mass is 476 g/mol. The van der Waals surface area contributed by atoms with Crippen LogP contribution in [0.3, 0.4) is 0 Å². The highest BCUT2D eigenvalue weighted by Crippen LogP contribution is 2.30. The van der Waals surface area contributed by atoms with Crippen molar-refractivity contribution in [1.29, 1.82) is 0 Å². The van der Waals surface area contributed by atoms with E-state index in [1.807, 2.05) is 66.7 Å². The van der Waals surface area contributed by atoms with Crippen LogP contribution in [0.1, 0.15) is 0 Å². The number of para-hydroxylation sites is 2. The lowest BCUT2D eigenvalue weighted by Crippen LogP contribution is -2.13. The van der Waals surface area contributed by atoms with E-state index in [1.54, 1.807) is 11.3 Å². The fourth-order valence-electron chi connectivity index (χ4n) is 2.69. The van der Waals surface area contributed by atoms with E-state index in [1.165, 1.54) is 0 Å². The zero-order chi connectivity index (χ0) is 17.9. The van der Waals surface area contributed by atoms with Crippen molar-refractivity contribution in [1.82, 2.24) is 4.57 Å². The van der Waals surface area contributed by atoms with Gasteiger partial charge >= 0.3 is 0 Å². The van der Waals surface area contributed by atoms with Crippen molar-refractivity contribution in [3.8, 4) is 16.9 Å². The van der Waals surface area contributed by atoms with Crippen molar-refractivity contribution in [2.24, 2.45) is 4.99 Å². The van der Waals surface area contributed by atoms with Gasteiger partial charge in [-0.05, 0) is 36.4 Å². The zero-order valence-electron chi connectivity index (χ0n) is 14.0. The Morgan fingerprint density at radius 1 is 0.778 bits per heavy atom. The maximum absolute atomic E-state index is 6.24. The van der Waals surface area contributed by atoms with E-state index >= 15 is 0 Å². The van der Waals surface area contributed by atoms with Crippen LogP contribution in [-0.4, -0.2) is 4.57 Å². The van der Waals surface area contributed by atoms with E-state index < -0.39 is 0 Å². The fourth-order valence-corrected chi connectivity index (χ4v) is 3.91. The number of hydrogen-bond acceptors (Lipinski definition) is 2. The van der Waals surface area contributed by atoms with Gasteiger partial charge in [0, 0.05) is 16.6 Å². The first-order valence-electron chi connectivity index (χ1n) is 8.03. The number of nitrogens with zero attached hydrogens (tertiary/aromatic N) is 2. The molecule has 0 atom stereocenters. The van der Waals surface area contributed by atoms with Crippen LogP contribution in [0, 0.1) is 0 Å². The molecule has 1 heterocycles. The maximum atomic E-state index is 6.24. The minimum atomic E-state index is 0. The SMILES string of the molecule is Br.Clc1ccc(-c2csc(=Nc3ccccc3)n2-c2ccccc2)cc1Cl. The molecule has 0 spiro atoms. The van der Waals surface area contributed by atoms with Crippen LogP contribution in [0.2, 0.25) is 10.0 Å². The van der Waals surface area contributed by atoms with Gasteiger partial charge in [0.05, 0.1) is 21.4 Å². The molecule has 27 heavy (non-hydrogen) atoms. The Bertz CT molecular complexity index is 1110. The van der Waals surface area contributed by atoms with Gasteiger partial charge in [-0.15, -0.1) is 28.3 Å². The molecule has 0 radical (unpaired) electrons. The highest BCUT2D eigenvalue weighted by atomic mass is 79.9. The molecule has 0 fully saturated rings. The summed E-state index contributed by atoms with van der Waals surface area (Å²) in [6.07, 6.45) is 0. The lowest BCUT2D eigenvalue weighted by Gasteiger charge is -2.10. The normalized spacial score (nSPS) is 11.3. The summed E-state index contributed by atoms with van der Waals surface area (Å²) in [5, 5.41) is 3.18. The summed E-state index contributed by atoms with van der Waals surface area (Å²) in [6, 6.07) is 25.8. The van der Waals surface area contributed by atoms with E-state index in [2.05, 4.69) is 22.1 Å². The average molecular weight is 478 g/mol. The molecule has 4 rings (SSSR count).